The van der Waals surface area contributed by atoms with Crippen molar-refractivity contribution in [1.29, 1.82) is 0 Å². The molecule has 1 atom stereocenters. The number of nitrogens with zero attached hydrogens (tertiary/aromatic N) is 2. The highest BCUT2D eigenvalue weighted by atomic mass is 16.5. The quantitative estimate of drug-likeness (QED) is 0.732. The standard InChI is InChI=1S/C22H28N2O4/c25-21(23-12-14-27-15-13-23)18-7-9-20(10-8-18)28-16-19-6-3-11-24(19)22(26)17-4-1-2-5-17/h1-2,7-10,17,19H,3-6,11-16H2. The van der Waals surface area contributed by atoms with Gasteiger partial charge in [0.2, 0.25) is 5.91 Å². The number of amides is 2. The van der Waals surface area contributed by atoms with E-state index in [9.17, 15) is 9.59 Å². The lowest BCUT2D eigenvalue weighted by atomic mass is 10.1. The SMILES string of the molecule is O=C(c1ccc(OCC2CCCN2C(=O)C2CC=CC2)cc1)N1CCOCC1. The normalized spacial score (nSPS) is 22.6. The maximum Gasteiger partial charge on any atom is 0.254 e. The summed E-state index contributed by atoms with van der Waals surface area (Å²) in [6, 6.07) is 7.46. The van der Waals surface area contributed by atoms with Gasteiger partial charge in [0.15, 0.2) is 0 Å². The molecule has 1 aromatic rings. The molecule has 2 saturated heterocycles. The Morgan fingerprint density at radius 2 is 1.75 bits per heavy atom. The molecule has 2 amide bonds. The van der Waals surface area contributed by atoms with Crippen molar-refractivity contribution in [2.24, 2.45) is 5.92 Å². The Morgan fingerprint density at radius 3 is 2.46 bits per heavy atom. The van der Waals surface area contributed by atoms with Crippen LogP contribution in [0.3, 0.4) is 0 Å². The minimum absolute atomic E-state index is 0.0348. The first kappa shape index (κ1) is 19.0. The Bertz CT molecular complexity index is 717. The Morgan fingerprint density at radius 1 is 1.04 bits per heavy atom. The van der Waals surface area contributed by atoms with E-state index in [1.807, 2.05) is 34.1 Å². The van der Waals surface area contributed by atoms with Crippen molar-refractivity contribution in [2.45, 2.75) is 31.7 Å². The largest absolute Gasteiger partial charge is 0.491 e. The van der Waals surface area contributed by atoms with Crippen LogP contribution in [0.5, 0.6) is 5.75 Å². The number of allylic oxidation sites excluding steroid dienone is 2. The van der Waals surface area contributed by atoms with Crippen LogP contribution in [0.15, 0.2) is 36.4 Å². The van der Waals surface area contributed by atoms with Crippen LogP contribution < -0.4 is 4.74 Å². The molecule has 6 heteroatoms. The molecule has 0 radical (unpaired) electrons. The van der Waals surface area contributed by atoms with Crippen LogP contribution in [-0.4, -0.2) is 67.1 Å². The van der Waals surface area contributed by atoms with Crippen molar-refractivity contribution < 1.29 is 19.1 Å². The Kier molecular flexibility index (Phi) is 5.95. The lowest BCUT2D eigenvalue weighted by molar-refractivity contribution is -0.136. The summed E-state index contributed by atoms with van der Waals surface area (Å²) in [5, 5.41) is 0. The van der Waals surface area contributed by atoms with E-state index >= 15 is 0 Å². The number of carbonyl (C=O) groups excluding carboxylic acids is 2. The summed E-state index contributed by atoms with van der Waals surface area (Å²) < 4.78 is 11.3. The lowest BCUT2D eigenvalue weighted by Gasteiger charge is -2.27. The predicted molar refractivity (Wildman–Crippen MR) is 105 cm³/mol. The van der Waals surface area contributed by atoms with Crippen LogP contribution in [0, 0.1) is 5.92 Å². The van der Waals surface area contributed by atoms with Crippen LogP contribution in [0.2, 0.25) is 0 Å². The van der Waals surface area contributed by atoms with Crippen molar-refractivity contribution in [3.8, 4) is 5.75 Å². The average molecular weight is 384 g/mol. The molecule has 150 valence electrons. The van der Waals surface area contributed by atoms with Crippen molar-refractivity contribution in [2.75, 3.05) is 39.5 Å². The molecule has 2 heterocycles. The van der Waals surface area contributed by atoms with Gasteiger partial charge >= 0.3 is 0 Å². The van der Waals surface area contributed by atoms with E-state index in [1.165, 1.54) is 0 Å². The summed E-state index contributed by atoms with van der Waals surface area (Å²) in [6.45, 7) is 3.80. The van der Waals surface area contributed by atoms with Gasteiger partial charge in [0, 0.05) is 31.1 Å². The molecule has 3 aliphatic rings. The molecule has 0 spiro atoms. The minimum atomic E-state index is 0.0348. The Balaban J connectivity index is 1.30. The molecule has 28 heavy (non-hydrogen) atoms. The number of morpholine rings is 1. The van der Waals surface area contributed by atoms with Gasteiger partial charge in [-0.05, 0) is 49.9 Å². The molecule has 0 saturated carbocycles. The molecule has 0 bridgehead atoms. The van der Waals surface area contributed by atoms with Crippen molar-refractivity contribution in [3.63, 3.8) is 0 Å². The van der Waals surface area contributed by atoms with E-state index in [1.54, 1.807) is 0 Å². The summed E-state index contributed by atoms with van der Waals surface area (Å²) in [7, 11) is 0. The first-order chi connectivity index (χ1) is 13.7. The molecule has 1 aliphatic carbocycles. The summed E-state index contributed by atoms with van der Waals surface area (Å²) in [4.78, 5) is 29.0. The van der Waals surface area contributed by atoms with Crippen LogP contribution in [-0.2, 0) is 9.53 Å². The Labute approximate surface area is 166 Å². The second-order valence-corrected chi connectivity index (χ2v) is 7.71. The second-order valence-electron chi connectivity index (χ2n) is 7.71. The minimum Gasteiger partial charge on any atom is -0.491 e. The Hall–Kier alpha value is -2.34. The molecule has 2 fully saturated rings. The van der Waals surface area contributed by atoms with Crippen LogP contribution in [0.25, 0.3) is 0 Å². The van der Waals surface area contributed by atoms with E-state index in [0.29, 0.717) is 38.5 Å². The van der Waals surface area contributed by atoms with Gasteiger partial charge in [0.1, 0.15) is 12.4 Å². The second kappa shape index (κ2) is 8.78. The fourth-order valence-electron chi connectivity index (χ4n) is 4.19. The van der Waals surface area contributed by atoms with Gasteiger partial charge in [0.05, 0.1) is 19.3 Å². The zero-order chi connectivity index (χ0) is 19.3. The van der Waals surface area contributed by atoms with Crippen LogP contribution >= 0.6 is 0 Å². The van der Waals surface area contributed by atoms with E-state index in [0.717, 1.165) is 38.0 Å². The molecule has 4 rings (SSSR count). The molecular formula is C22H28N2O4. The third-order valence-electron chi connectivity index (χ3n) is 5.86. The number of carbonyl (C=O) groups is 2. The third kappa shape index (κ3) is 4.22. The van der Waals surface area contributed by atoms with E-state index < -0.39 is 0 Å². The molecule has 6 nitrogen and oxygen atoms in total. The molecule has 1 aromatic carbocycles. The zero-order valence-electron chi connectivity index (χ0n) is 16.2. The van der Waals surface area contributed by atoms with Gasteiger partial charge in [-0.1, -0.05) is 12.2 Å². The highest BCUT2D eigenvalue weighted by Gasteiger charge is 2.33. The number of hydrogen-bond donors (Lipinski definition) is 0. The average Bonchev–Trinajstić information content (AvgIpc) is 3.44. The number of ether oxygens (including phenoxy) is 2. The van der Waals surface area contributed by atoms with Gasteiger partial charge in [-0.25, -0.2) is 0 Å². The lowest BCUT2D eigenvalue weighted by Crippen LogP contribution is -2.42. The number of rotatable bonds is 5. The fraction of sp³-hybridized carbons (Fsp3) is 0.545. The summed E-state index contributed by atoms with van der Waals surface area (Å²) in [5.41, 5.74) is 0.667. The van der Waals surface area contributed by atoms with Crippen molar-refractivity contribution in [1.82, 2.24) is 9.80 Å². The molecular weight excluding hydrogens is 356 g/mol. The number of hydrogen-bond acceptors (Lipinski definition) is 4. The van der Waals surface area contributed by atoms with Crippen LogP contribution in [0.4, 0.5) is 0 Å². The maximum absolute atomic E-state index is 12.7. The van der Waals surface area contributed by atoms with Gasteiger partial charge in [-0.2, -0.15) is 0 Å². The first-order valence-electron chi connectivity index (χ1n) is 10.3. The maximum atomic E-state index is 12.7. The van der Waals surface area contributed by atoms with E-state index in [-0.39, 0.29) is 23.8 Å². The topological polar surface area (TPSA) is 59.1 Å². The summed E-state index contributed by atoms with van der Waals surface area (Å²) in [6.07, 6.45) is 7.95. The van der Waals surface area contributed by atoms with Crippen molar-refractivity contribution >= 4 is 11.8 Å². The highest BCUT2D eigenvalue weighted by Crippen LogP contribution is 2.26. The van der Waals surface area contributed by atoms with Gasteiger partial charge in [-0.3, -0.25) is 9.59 Å². The summed E-state index contributed by atoms with van der Waals surface area (Å²) >= 11 is 0. The zero-order valence-corrected chi connectivity index (χ0v) is 16.2. The summed E-state index contributed by atoms with van der Waals surface area (Å²) in [5.74, 6) is 1.15. The van der Waals surface area contributed by atoms with Gasteiger partial charge in [0.25, 0.3) is 5.91 Å². The molecule has 1 unspecified atom stereocenters. The smallest absolute Gasteiger partial charge is 0.254 e. The number of benzene rings is 1. The van der Waals surface area contributed by atoms with Gasteiger partial charge in [-0.15, -0.1) is 0 Å². The molecule has 0 aromatic heterocycles. The fourth-order valence-corrected chi connectivity index (χ4v) is 4.19. The van der Waals surface area contributed by atoms with Crippen LogP contribution in [0.1, 0.15) is 36.0 Å². The van der Waals surface area contributed by atoms with Crippen molar-refractivity contribution in [3.05, 3.63) is 42.0 Å². The third-order valence-corrected chi connectivity index (χ3v) is 5.86. The highest BCUT2D eigenvalue weighted by molar-refractivity contribution is 5.94. The monoisotopic (exact) mass is 384 g/mol. The predicted octanol–water partition coefficient (Wildman–Crippen LogP) is 2.50. The first-order valence-corrected chi connectivity index (χ1v) is 10.3. The number of likely N-dealkylation sites (tertiary alicyclic amines) is 1. The molecule has 2 aliphatic heterocycles. The van der Waals surface area contributed by atoms with E-state index in [2.05, 4.69) is 12.2 Å². The molecule has 0 N–H and O–H groups in total. The van der Waals surface area contributed by atoms with E-state index in [4.69, 9.17) is 9.47 Å². The van der Waals surface area contributed by atoms with Gasteiger partial charge < -0.3 is 19.3 Å².